The van der Waals surface area contributed by atoms with E-state index < -0.39 is 5.95 Å². The standard InChI is InChI=1S/C12H9F2NO/c1-16-11-6-8(7-15-12(11)14)9-4-2-3-5-10(9)13/h2-7H,1H3. The molecule has 1 heterocycles. The number of rotatable bonds is 2. The van der Waals surface area contributed by atoms with Crippen LogP contribution in [0.2, 0.25) is 0 Å². The van der Waals surface area contributed by atoms with Gasteiger partial charge in [0.2, 0.25) is 0 Å². The molecule has 0 aliphatic rings. The minimum Gasteiger partial charge on any atom is -0.492 e. The molecule has 2 nitrogen and oxygen atoms in total. The van der Waals surface area contributed by atoms with Gasteiger partial charge in [0.05, 0.1) is 7.11 Å². The maximum absolute atomic E-state index is 13.4. The lowest BCUT2D eigenvalue weighted by atomic mass is 10.1. The highest BCUT2D eigenvalue weighted by molar-refractivity contribution is 5.64. The molecule has 2 aromatic rings. The first-order valence-electron chi connectivity index (χ1n) is 4.67. The van der Waals surface area contributed by atoms with Crippen molar-refractivity contribution in [1.29, 1.82) is 0 Å². The van der Waals surface area contributed by atoms with Crippen LogP contribution in [-0.4, -0.2) is 12.1 Å². The molecule has 0 aliphatic carbocycles. The number of benzene rings is 1. The van der Waals surface area contributed by atoms with Crippen molar-refractivity contribution in [3.05, 3.63) is 48.3 Å². The fraction of sp³-hybridized carbons (Fsp3) is 0.0833. The van der Waals surface area contributed by atoms with Crippen LogP contribution in [0.15, 0.2) is 36.5 Å². The molecule has 1 aromatic carbocycles. The number of hydrogen-bond donors (Lipinski definition) is 0. The van der Waals surface area contributed by atoms with Gasteiger partial charge in [0.15, 0.2) is 5.75 Å². The van der Waals surface area contributed by atoms with Gasteiger partial charge in [-0.3, -0.25) is 0 Å². The molecule has 2 rings (SSSR count). The van der Waals surface area contributed by atoms with Crippen molar-refractivity contribution in [2.75, 3.05) is 7.11 Å². The average Bonchev–Trinajstić information content (AvgIpc) is 2.31. The molecule has 16 heavy (non-hydrogen) atoms. The quantitative estimate of drug-likeness (QED) is 0.727. The molecule has 0 bridgehead atoms. The van der Waals surface area contributed by atoms with Crippen LogP contribution >= 0.6 is 0 Å². The van der Waals surface area contributed by atoms with E-state index in [0.29, 0.717) is 11.1 Å². The summed E-state index contributed by atoms with van der Waals surface area (Å²) in [4.78, 5) is 3.51. The van der Waals surface area contributed by atoms with E-state index in [9.17, 15) is 8.78 Å². The van der Waals surface area contributed by atoms with Gasteiger partial charge in [-0.15, -0.1) is 0 Å². The topological polar surface area (TPSA) is 22.1 Å². The number of ether oxygens (including phenoxy) is 1. The molecule has 0 unspecified atom stereocenters. The summed E-state index contributed by atoms with van der Waals surface area (Å²) in [5, 5.41) is 0. The van der Waals surface area contributed by atoms with E-state index in [0.717, 1.165) is 0 Å². The highest BCUT2D eigenvalue weighted by atomic mass is 19.1. The van der Waals surface area contributed by atoms with E-state index in [4.69, 9.17) is 4.74 Å². The smallest absolute Gasteiger partial charge is 0.255 e. The fourth-order valence-corrected chi connectivity index (χ4v) is 1.41. The molecular formula is C12H9F2NO. The molecule has 0 N–H and O–H groups in total. The number of nitrogens with zero attached hydrogens (tertiary/aromatic N) is 1. The van der Waals surface area contributed by atoms with Crippen LogP contribution in [0, 0.1) is 11.8 Å². The third-order valence-electron chi connectivity index (χ3n) is 2.21. The van der Waals surface area contributed by atoms with Crippen LogP contribution in [0.1, 0.15) is 0 Å². The molecule has 0 fully saturated rings. The number of halogens is 2. The van der Waals surface area contributed by atoms with Gasteiger partial charge in [0.25, 0.3) is 5.95 Å². The first-order valence-corrected chi connectivity index (χ1v) is 4.67. The van der Waals surface area contributed by atoms with Crippen LogP contribution in [0.5, 0.6) is 5.75 Å². The molecule has 4 heteroatoms. The normalized spacial score (nSPS) is 10.2. The van der Waals surface area contributed by atoms with Gasteiger partial charge < -0.3 is 4.74 Å². The third kappa shape index (κ3) is 1.86. The lowest BCUT2D eigenvalue weighted by molar-refractivity contribution is 0.378. The second-order valence-electron chi connectivity index (χ2n) is 3.20. The van der Waals surface area contributed by atoms with Crippen molar-refractivity contribution >= 4 is 0 Å². The zero-order chi connectivity index (χ0) is 11.5. The molecule has 0 saturated carbocycles. The number of aromatic nitrogens is 1. The Morgan fingerprint density at radius 3 is 2.62 bits per heavy atom. The molecule has 0 radical (unpaired) electrons. The van der Waals surface area contributed by atoms with Crippen LogP contribution in [0.25, 0.3) is 11.1 Å². The van der Waals surface area contributed by atoms with E-state index in [1.54, 1.807) is 18.2 Å². The zero-order valence-electron chi connectivity index (χ0n) is 8.58. The maximum atomic E-state index is 13.4. The predicted octanol–water partition coefficient (Wildman–Crippen LogP) is 3.04. The Balaban J connectivity index is 2.53. The first-order chi connectivity index (χ1) is 7.72. The minimum atomic E-state index is -0.706. The van der Waals surface area contributed by atoms with Gasteiger partial charge in [-0.2, -0.15) is 4.39 Å². The Kier molecular flexibility index (Phi) is 2.81. The van der Waals surface area contributed by atoms with Crippen molar-refractivity contribution in [2.45, 2.75) is 0 Å². The lowest BCUT2D eigenvalue weighted by Crippen LogP contribution is -1.93. The Morgan fingerprint density at radius 2 is 1.94 bits per heavy atom. The van der Waals surface area contributed by atoms with Crippen LogP contribution in [0.4, 0.5) is 8.78 Å². The molecule has 0 amide bonds. The predicted molar refractivity (Wildman–Crippen MR) is 56.1 cm³/mol. The van der Waals surface area contributed by atoms with E-state index >= 15 is 0 Å². The van der Waals surface area contributed by atoms with E-state index in [1.807, 2.05) is 0 Å². The minimum absolute atomic E-state index is 0.000697. The number of pyridine rings is 1. The average molecular weight is 221 g/mol. The Labute approximate surface area is 91.5 Å². The van der Waals surface area contributed by atoms with Crippen molar-refractivity contribution in [3.63, 3.8) is 0 Å². The zero-order valence-corrected chi connectivity index (χ0v) is 8.58. The van der Waals surface area contributed by atoms with Crippen molar-refractivity contribution in [1.82, 2.24) is 4.98 Å². The summed E-state index contributed by atoms with van der Waals surface area (Å²) in [6, 6.07) is 7.65. The summed E-state index contributed by atoms with van der Waals surface area (Å²) in [6.45, 7) is 0. The molecule has 0 aliphatic heterocycles. The third-order valence-corrected chi connectivity index (χ3v) is 2.21. The summed E-state index contributed by atoms with van der Waals surface area (Å²) in [6.07, 6.45) is 1.27. The molecular weight excluding hydrogens is 212 g/mol. The molecule has 0 spiro atoms. The van der Waals surface area contributed by atoms with Crippen molar-refractivity contribution in [3.8, 4) is 16.9 Å². The first kappa shape index (κ1) is 10.5. The highest BCUT2D eigenvalue weighted by Crippen LogP contribution is 2.26. The summed E-state index contributed by atoms with van der Waals surface area (Å²) in [5.41, 5.74) is 0.852. The van der Waals surface area contributed by atoms with Gasteiger partial charge in [-0.25, -0.2) is 9.37 Å². The van der Waals surface area contributed by atoms with Gasteiger partial charge in [-0.1, -0.05) is 18.2 Å². The number of hydrogen-bond acceptors (Lipinski definition) is 2. The highest BCUT2D eigenvalue weighted by Gasteiger charge is 2.09. The second-order valence-corrected chi connectivity index (χ2v) is 3.20. The van der Waals surface area contributed by atoms with E-state index in [-0.39, 0.29) is 11.6 Å². The second kappa shape index (κ2) is 4.26. The monoisotopic (exact) mass is 221 g/mol. The summed E-state index contributed by atoms with van der Waals surface area (Å²) < 4.78 is 31.3. The Hall–Kier alpha value is -1.97. The summed E-state index contributed by atoms with van der Waals surface area (Å²) in [7, 11) is 1.34. The van der Waals surface area contributed by atoms with E-state index in [1.165, 1.54) is 25.4 Å². The van der Waals surface area contributed by atoms with Crippen LogP contribution in [-0.2, 0) is 0 Å². The molecule has 82 valence electrons. The largest absolute Gasteiger partial charge is 0.492 e. The molecule has 1 aromatic heterocycles. The van der Waals surface area contributed by atoms with Gasteiger partial charge in [-0.05, 0) is 12.1 Å². The summed E-state index contributed by atoms with van der Waals surface area (Å²) in [5.74, 6) is -1.08. The lowest BCUT2D eigenvalue weighted by Gasteiger charge is -2.05. The van der Waals surface area contributed by atoms with E-state index in [2.05, 4.69) is 4.98 Å². The van der Waals surface area contributed by atoms with Crippen LogP contribution < -0.4 is 4.74 Å². The van der Waals surface area contributed by atoms with Gasteiger partial charge >= 0.3 is 0 Å². The molecule has 0 saturated heterocycles. The fourth-order valence-electron chi connectivity index (χ4n) is 1.41. The Morgan fingerprint density at radius 1 is 1.19 bits per heavy atom. The van der Waals surface area contributed by atoms with Crippen molar-refractivity contribution in [2.24, 2.45) is 0 Å². The van der Waals surface area contributed by atoms with Gasteiger partial charge in [0.1, 0.15) is 5.82 Å². The summed E-state index contributed by atoms with van der Waals surface area (Å²) >= 11 is 0. The SMILES string of the molecule is COc1cc(-c2ccccc2F)cnc1F. The van der Waals surface area contributed by atoms with Gasteiger partial charge in [0, 0.05) is 17.3 Å². The number of methoxy groups -OCH3 is 1. The molecule has 0 atom stereocenters. The maximum Gasteiger partial charge on any atom is 0.255 e. The van der Waals surface area contributed by atoms with Crippen LogP contribution in [0.3, 0.4) is 0 Å². The van der Waals surface area contributed by atoms with Crippen molar-refractivity contribution < 1.29 is 13.5 Å². The Bertz CT molecular complexity index is 514.